The van der Waals surface area contributed by atoms with Crippen molar-refractivity contribution in [2.24, 2.45) is 11.8 Å². The molecule has 2 rings (SSSR count). The summed E-state index contributed by atoms with van der Waals surface area (Å²) in [7, 11) is 0. The van der Waals surface area contributed by atoms with Crippen molar-refractivity contribution >= 4 is 11.9 Å². The molecule has 8 unspecified atom stereocenters. The molecule has 34 heavy (non-hydrogen) atoms. The van der Waals surface area contributed by atoms with Crippen molar-refractivity contribution in [3.8, 4) is 0 Å². The van der Waals surface area contributed by atoms with Crippen LogP contribution in [-0.2, 0) is 23.8 Å². The number of allylic oxidation sites excluding steroid dienone is 2. The van der Waals surface area contributed by atoms with Crippen molar-refractivity contribution in [2.45, 2.75) is 104 Å². The fourth-order valence-corrected chi connectivity index (χ4v) is 4.67. The Morgan fingerprint density at radius 1 is 1.12 bits per heavy atom. The Kier molecular flexibility index (Phi) is 11.5. The fraction of sp³-hybridized carbons (Fsp3) is 0.704. The Morgan fingerprint density at radius 3 is 2.53 bits per heavy atom. The number of amides is 1. The van der Waals surface area contributed by atoms with E-state index in [0.29, 0.717) is 11.8 Å². The van der Waals surface area contributed by atoms with Gasteiger partial charge in [0.15, 0.2) is 0 Å². The molecule has 0 spiro atoms. The topological polar surface area (TPSA) is 94.1 Å². The maximum absolute atomic E-state index is 12.3. The van der Waals surface area contributed by atoms with Crippen LogP contribution in [0.4, 0.5) is 0 Å². The van der Waals surface area contributed by atoms with E-state index in [1.165, 1.54) is 13.0 Å². The third-order valence-electron chi connectivity index (χ3n) is 6.56. The summed E-state index contributed by atoms with van der Waals surface area (Å²) in [5.41, 5.74) is 1.16. The van der Waals surface area contributed by atoms with E-state index in [9.17, 15) is 14.7 Å². The average molecular weight is 478 g/mol. The summed E-state index contributed by atoms with van der Waals surface area (Å²) >= 11 is 0. The highest BCUT2D eigenvalue weighted by Gasteiger charge is 2.33. The molecule has 0 aliphatic carbocycles. The molecule has 2 aliphatic rings. The molecule has 7 heteroatoms. The number of carbonyl (C=O) groups is 2. The van der Waals surface area contributed by atoms with Crippen LogP contribution in [0, 0.1) is 11.8 Å². The molecule has 2 N–H and O–H groups in total. The SMILES string of the molecule is CC(=O)OC(C)/C=C\C(=O)NC1CC(C)C(C/C=C(C)/C=C/C2CC(CO)CC(C)O2)OC1C. The minimum atomic E-state index is -0.445. The number of ether oxygens (including phenoxy) is 3. The summed E-state index contributed by atoms with van der Waals surface area (Å²) in [6, 6.07) is -0.0673. The van der Waals surface area contributed by atoms with Crippen LogP contribution in [0.15, 0.2) is 36.0 Å². The van der Waals surface area contributed by atoms with Crippen molar-refractivity contribution in [3.63, 3.8) is 0 Å². The molecule has 0 bridgehead atoms. The molecule has 7 nitrogen and oxygen atoms in total. The zero-order valence-electron chi connectivity index (χ0n) is 21.5. The van der Waals surface area contributed by atoms with Gasteiger partial charge in [-0.25, -0.2) is 0 Å². The summed E-state index contributed by atoms with van der Waals surface area (Å²) in [6.45, 7) is 11.6. The average Bonchev–Trinajstić information content (AvgIpc) is 2.76. The Labute approximate surface area is 204 Å². The van der Waals surface area contributed by atoms with E-state index in [-0.39, 0.29) is 48.9 Å². The lowest BCUT2D eigenvalue weighted by Crippen LogP contribution is -2.50. The Balaban J connectivity index is 1.82. The van der Waals surface area contributed by atoms with Gasteiger partial charge < -0.3 is 24.6 Å². The number of aliphatic hydroxyl groups excluding tert-OH is 1. The van der Waals surface area contributed by atoms with E-state index in [4.69, 9.17) is 14.2 Å². The number of aliphatic hydroxyl groups is 1. The second kappa shape index (κ2) is 13.8. The maximum Gasteiger partial charge on any atom is 0.303 e. The molecule has 192 valence electrons. The van der Waals surface area contributed by atoms with Gasteiger partial charge >= 0.3 is 5.97 Å². The lowest BCUT2D eigenvalue weighted by molar-refractivity contribution is -0.143. The van der Waals surface area contributed by atoms with Crippen molar-refractivity contribution < 1.29 is 28.9 Å². The Hall–Kier alpha value is -1.96. The molecule has 2 saturated heterocycles. The molecule has 2 fully saturated rings. The highest BCUT2D eigenvalue weighted by Crippen LogP contribution is 2.28. The van der Waals surface area contributed by atoms with E-state index in [0.717, 1.165) is 31.3 Å². The molecule has 2 heterocycles. The van der Waals surface area contributed by atoms with Gasteiger partial charge in [0.1, 0.15) is 6.10 Å². The van der Waals surface area contributed by atoms with Crippen molar-refractivity contribution in [1.29, 1.82) is 0 Å². The van der Waals surface area contributed by atoms with Crippen LogP contribution in [0.25, 0.3) is 0 Å². The summed E-state index contributed by atoms with van der Waals surface area (Å²) in [5.74, 6) is 0.0145. The minimum Gasteiger partial charge on any atom is -0.459 e. The number of esters is 1. The smallest absolute Gasteiger partial charge is 0.303 e. The lowest BCUT2D eigenvalue weighted by atomic mass is 9.88. The minimum absolute atomic E-state index is 0.0459. The molecule has 0 aromatic heterocycles. The first-order chi connectivity index (χ1) is 16.1. The van der Waals surface area contributed by atoms with Gasteiger partial charge in [0, 0.05) is 19.6 Å². The highest BCUT2D eigenvalue weighted by atomic mass is 16.5. The predicted molar refractivity (Wildman–Crippen MR) is 132 cm³/mol. The fourth-order valence-electron chi connectivity index (χ4n) is 4.67. The number of hydrogen-bond acceptors (Lipinski definition) is 6. The van der Waals surface area contributed by atoms with Crippen LogP contribution >= 0.6 is 0 Å². The van der Waals surface area contributed by atoms with Gasteiger partial charge in [0.25, 0.3) is 0 Å². The molecule has 0 radical (unpaired) electrons. The quantitative estimate of drug-likeness (QED) is 0.298. The normalized spacial score (nSPS) is 33.7. The summed E-state index contributed by atoms with van der Waals surface area (Å²) in [6.07, 6.45) is 12.6. The zero-order valence-corrected chi connectivity index (χ0v) is 21.5. The second-order valence-corrected chi connectivity index (χ2v) is 9.93. The van der Waals surface area contributed by atoms with E-state index in [2.05, 4.69) is 44.3 Å². The van der Waals surface area contributed by atoms with Crippen LogP contribution in [0.2, 0.25) is 0 Å². The predicted octanol–water partition coefficient (Wildman–Crippen LogP) is 3.86. The van der Waals surface area contributed by atoms with Crippen molar-refractivity contribution in [1.82, 2.24) is 5.32 Å². The van der Waals surface area contributed by atoms with Gasteiger partial charge in [-0.05, 0) is 71.3 Å². The van der Waals surface area contributed by atoms with Crippen LogP contribution in [0.3, 0.4) is 0 Å². The van der Waals surface area contributed by atoms with Gasteiger partial charge in [-0.3, -0.25) is 9.59 Å². The molecule has 1 amide bonds. The van der Waals surface area contributed by atoms with Crippen LogP contribution < -0.4 is 5.32 Å². The third kappa shape index (κ3) is 9.72. The molecular formula is C27H43NO6. The number of rotatable bonds is 9. The van der Waals surface area contributed by atoms with Gasteiger partial charge in [-0.15, -0.1) is 0 Å². The molecule has 0 aromatic carbocycles. The van der Waals surface area contributed by atoms with Crippen molar-refractivity contribution in [3.05, 3.63) is 36.0 Å². The first-order valence-electron chi connectivity index (χ1n) is 12.5. The van der Waals surface area contributed by atoms with Crippen LogP contribution in [0.1, 0.15) is 67.2 Å². The number of nitrogens with one attached hydrogen (secondary N) is 1. The van der Waals surface area contributed by atoms with E-state index in [1.54, 1.807) is 13.0 Å². The molecule has 8 atom stereocenters. The first-order valence-corrected chi connectivity index (χ1v) is 12.5. The van der Waals surface area contributed by atoms with Crippen LogP contribution in [0.5, 0.6) is 0 Å². The summed E-state index contributed by atoms with van der Waals surface area (Å²) in [5, 5.41) is 12.5. The van der Waals surface area contributed by atoms with Crippen molar-refractivity contribution in [2.75, 3.05) is 6.61 Å². The number of hydrogen-bond donors (Lipinski definition) is 2. The van der Waals surface area contributed by atoms with E-state index in [1.807, 2.05) is 6.92 Å². The first kappa shape index (κ1) is 28.3. The molecule has 0 aromatic rings. The van der Waals surface area contributed by atoms with Crippen LogP contribution in [-0.4, -0.2) is 60.2 Å². The second-order valence-electron chi connectivity index (χ2n) is 9.93. The number of carbonyl (C=O) groups excluding carboxylic acids is 2. The third-order valence-corrected chi connectivity index (χ3v) is 6.56. The lowest BCUT2D eigenvalue weighted by Gasteiger charge is -2.39. The highest BCUT2D eigenvalue weighted by molar-refractivity contribution is 5.87. The van der Waals surface area contributed by atoms with Gasteiger partial charge in [-0.1, -0.05) is 30.7 Å². The molecular weight excluding hydrogens is 434 g/mol. The monoisotopic (exact) mass is 477 g/mol. The summed E-state index contributed by atoms with van der Waals surface area (Å²) < 4.78 is 17.2. The van der Waals surface area contributed by atoms with Gasteiger partial charge in [-0.2, -0.15) is 0 Å². The Morgan fingerprint density at radius 2 is 1.85 bits per heavy atom. The van der Waals surface area contributed by atoms with E-state index < -0.39 is 6.10 Å². The maximum atomic E-state index is 12.3. The summed E-state index contributed by atoms with van der Waals surface area (Å²) in [4.78, 5) is 23.2. The standard InChI is InChI=1S/C27H43NO6/c1-17(7-10-24-15-23(16-29)14-20(4)33-24)8-11-26-18(2)13-25(21(5)34-26)28-27(31)12-9-19(3)32-22(6)30/h7-10,12,18-21,23-26,29H,11,13-16H2,1-6H3,(H,28,31)/b10-7+,12-9-,17-8+. The largest absolute Gasteiger partial charge is 0.459 e. The van der Waals surface area contributed by atoms with Gasteiger partial charge in [0.2, 0.25) is 5.91 Å². The Bertz CT molecular complexity index is 760. The van der Waals surface area contributed by atoms with Gasteiger partial charge in [0.05, 0.1) is 30.5 Å². The molecule has 2 aliphatic heterocycles. The molecule has 0 saturated carbocycles. The van der Waals surface area contributed by atoms with E-state index >= 15 is 0 Å². The zero-order chi connectivity index (χ0) is 25.3.